The van der Waals surface area contributed by atoms with Gasteiger partial charge in [0.1, 0.15) is 6.04 Å². The second-order valence-corrected chi connectivity index (χ2v) is 3.47. The molecule has 1 rings (SSSR count). The molecule has 0 saturated carbocycles. The summed E-state index contributed by atoms with van der Waals surface area (Å²) in [6.07, 6.45) is 0. The van der Waals surface area contributed by atoms with Gasteiger partial charge in [-0.15, -0.1) is 12.4 Å². The van der Waals surface area contributed by atoms with Gasteiger partial charge in [0.2, 0.25) is 0 Å². The number of carboxylic acids is 1. The Morgan fingerprint density at radius 2 is 2.12 bits per heavy atom. The van der Waals surface area contributed by atoms with Crippen molar-refractivity contribution >= 4 is 18.4 Å². The van der Waals surface area contributed by atoms with Gasteiger partial charge < -0.3 is 20.3 Å². The van der Waals surface area contributed by atoms with Gasteiger partial charge >= 0.3 is 5.97 Å². The van der Waals surface area contributed by atoms with E-state index in [0.717, 1.165) is 32.8 Å². The summed E-state index contributed by atoms with van der Waals surface area (Å²) in [6, 6.07) is -0.922. The largest absolute Gasteiger partial charge is 0.480 e. The average molecular weight is 255 g/mol. The Morgan fingerprint density at radius 3 is 2.69 bits per heavy atom. The van der Waals surface area contributed by atoms with Gasteiger partial charge in [0.05, 0.1) is 26.4 Å². The first-order chi connectivity index (χ1) is 7.20. The Kier molecular flexibility index (Phi) is 8.50. The third-order valence-electron chi connectivity index (χ3n) is 2.27. The average Bonchev–Trinajstić information content (AvgIpc) is 2.25. The van der Waals surface area contributed by atoms with Gasteiger partial charge in [-0.1, -0.05) is 0 Å². The van der Waals surface area contributed by atoms with Gasteiger partial charge in [-0.2, -0.15) is 0 Å². The Hall–Kier alpha value is -0.400. The van der Waals surface area contributed by atoms with Crippen LogP contribution in [-0.2, 0) is 14.3 Å². The molecular formula is C9H19ClN2O4. The molecule has 0 bridgehead atoms. The number of hydrogen-bond donors (Lipinski definition) is 2. The van der Waals surface area contributed by atoms with Crippen molar-refractivity contribution in [1.82, 2.24) is 4.90 Å². The highest BCUT2D eigenvalue weighted by Gasteiger charge is 2.12. The van der Waals surface area contributed by atoms with E-state index in [0.29, 0.717) is 6.61 Å². The van der Waals surface area contributed by atoms with Crippen molar-refractivity contribution in [2.75, 3.05) is 46.1 Å². The van der Waals surface area contributed by atoms with Crippen LogP contribution in [0.2, 0.25) is 0 Å². The highest BCUT2D eigenvalue weighted by Crippen LogP contribution is 1.95. The van der Waals surface area contributed by atoms with Crippen LogP contribution in [0.4, 0.5) is 0 Å². The molecule has 7 heteroatoms. The molecule has 0 aromatic carbocycles. The molecule has 16 heavy (non-hydrogen) atoms. The summed E-state index contributed by atoms with van der Waals surface area (Å²) < 4.78 is 10.4. The molecule has 0 aliphatic carbocycles. The maximum Gasteiger partial charge on any atom is 0.322 e. The van der Waals surface area contributed by atoms with Crippen molar-refractivity contribution in [3.63, 3.8) is 0 Å². The number of ether oxygens (including phenoxy) is 2. The SMILES string of the molecule is Cl.NC(COCCN1CCOCC1)C(=O)O. The van der Waals surface area contributed by atoms with Gasteiger partial charge in [-0.25, -0.2) is 0 Å². The number of morpholine rings is 1. The zero-order valence-corrected chi connectivity index (χ0v) is 9.95. The van der Waals surface area contributed by atoms with Crippen molar-refractivity contribution in [1.29, 1.82) is 0 Å². The molecule has 3 N–H and O–H groups in total. The van der Waals surface area contributed by atoms with Gasteiger partial charge in [-0.3, -0.25) is 9.69 Å². The Labute approximate surface area is 101 Å². The van der Waals surface area contributed by atoms with Crippen molar-refractivity contribution in [3.05, 3.63) is 0 Å². The number of hydrogen-bond acceptors (Lipinski definition) is 5. The highest BCUT2D eigenvalue weighted by atomic mass is 35.5. The summed E-state index contributed by atoms with van der Waals surface area (Å²) in [5.41, 5.74) is 5.28. The Morgan fingerprint density at radius 1 is 1.50 bits per heavy atom. The maximum absolute atomic E-state index is 10.4. The van der Waals surface area contributed by atoms with Crippen LogP contribution < -0.4 is 5.73 Å². The van der Waals surface area contributed by atoms with Gasteiger partial charge in [0, 0.05) is 19.6 Å². The lowest BCUT2D eigenvalue weighted by molar-refractivity contribution is -0.140. The molecule has 0 aromatic heterocycles. The summed E-state index contributed by atoms with van der Waals surface area (Å²) in [5, 5.41) is 8.50. The fourth-order valence-corrected chi connectivity index (χ4v) is 1.30. The van der Waals surface area contributed by atoms with E-state index in [1.165, 1.54) is 0 Å². The lowest BCUT2D eigenvalue weighted by Gasteiger charge is -2.26. The van der Waals surface area contributed by atoms with Crippen LogP contribution in [0.15, 0.2) is 0 Å². The molecule has 1 saturated heterocycles. The molecule has 6 nitrogen and oxygen atoms in total. The minimum atomic E-state index is -1.03. The van der Waals surface area contributed by atoms with Gasteiger partial charge in [0.15, 0.2) is 0 Å². The van der Waals surface area contributed by atoms with Crippen LogP contribution in [0.25, 0.3) is 0 Å². The van der Waals surface area contributed by atoms with Crippen molar-refractivity contribution < 1.29 is 19.4 Å². The smallest absolute Gasteiger partial charge is 0.322 e. The zero-order valence-electron chi connectivity index (χ0n) is 9.13. The molecular weight excluding hydrogens is 236 g/mol. The molecule has 1 fully saturated rings. The normalized spacial score (nSPS) is 18.8. The molecule has 1 aliphatic rings. The van der Waals surface area contributed by atoms with Crippen molar-refractivity contribution in [2.45, 2.75) is 6.04 Å². The van der Waals surface area contributed by atoms with E-state index in [1.54, 1.807) is 0 Å². The molecule has 96 valence electrons. The number of nitrogens with zero attached hydrogens (tertiary/aromatic N) is 1. The maximum atomic E-state index is 10.4. The third kappa shape index (κ3) is 6.24. The van der Waals surface area contributed by atoms with Crippen LogP contribution in [0.3, 0.4) is 0 Å². The van der Waals surface area contributed by atoms with Crippen LogP contribution in [0.5, 0.6) is 0 Å². The van der Waals surface area contributed by atoms with Crippen molar-refractivity contribution in [3.8, 4) is 0 Å². The first-order valence-electron chi connectivity index (χ1n) is 5.06. The Bertz CT molecular complexity index is 200. The van der Waals surface area contributed by atoms with E-state index in [-0.39, 0.29) is 19.0 Å². The van der Waals surface area contributed by atoms with E-state index < -0.39 is 12.0 Å². The summed E-state index contributed by atoms with van der Waals surface area (Å²) >= 11 is 0. The van der Waals surface area contributed by atoms with E-state index >= 15 is 0 Å². The lowest BCUT2D eigenvalue weighted by Crippen LogP contribution is -2.39. The second-order valence-electron chi connectivity index (χ2n) is 3.47. The summed E-state index contributed by atoms with van der Waals surface area (Å²) in [4.78, 5) is 12.6. The first kappa shape index (κ1) is 15.6. The second kappa shape index (κ2) is 8.72. The third-order valence-corrected chi connectivity index (χ3v) is 2.27. The van der Waals surface area contributed by atoms with Crippen LogP contribution >= 0.6 is 12.4 Å². The van der Waals surface area contributed by atoms with Crippen LogP contribution in [0.1, 0.15) is 0 Å². The molecule has 1 atom stereocenters. The fourth-order valence-electron chi connectivity index (χ4n) is 1.30. The lowest BCUT2D eigenvalue weighted by atomic mass is 10.3. The summed E-state index contributed by atoms with van der Waals surface area (Å²) in [6.45, 7) is 4.72. The first-order valence-corrected chi connectivity index (χ1v) is 5.06. The van der Waals surface area contributed by atoms with E-state index in [9.17, 15) is 4.79 Å². The standard InChI is InChI=1S/C9H18N2O4.ClH/c10-8(9(12)13)7-15-6-3-11-1-4-14-5-2-11;/h8H,1-7,10H2,(H,12,13);1H. The molecule has 0 amide bonds. The number of carbonyl (C=O) groups is 1. The van der Waals surface area contributed by atoms with Gasteiger partial charge in [0.25, 0.3) is 0 Å². The van der Waals surface area contributed by atoms with Gasteiger partial charge in [-0.05, 0) is 0 Å². The number of rotatable bonds is 6. The topological polar surface area (TPSA) is 85.0 Å². The monoisotopic (exact) mass is 254 g/mol. The summed E-state index contributed by atoms with van der Waals surface area (Å²) in [5.74, 6) is -1.03. The molecule has 1 unspecified atom stereocenters. The van der Waals surface area contributed by atoms with E-state index in [1.807, 2.05) is 0 Å². The minimum absolute atomic E-state index is 0. The Balaban J connectivity index is 0.00000225. The van der Waals surface area contributed by atoms with Crippen molar-refractivity contribution in [2.24, 2.45) is 5.73 Å². The quantitative estimate of drug-likeness (QED) is 0.602. The minimum Gasteiger partial charge on any atom is -0.480 e. The number of nitrogens with two attached hydrogens (primary N) is 1. The van der Waals surface area contributed by atoms with E-state index in [4.69, 9.17) is 20.3 Å². The number of halogens is 1. The molecule has 0 aromatic rings. The van der Waals surface area contributed by atoms with E-state index in [2.05, 4.69) is 4.90 Å². The predicted octanol–water partition coefficient (Wildman–Crippen LogP) is -0.831. The molecule has 1 aliphatic heterocycles. The molecule has 0 spiro atoms. The highest BCUT2D eigenvalue weighted by molar-refractivity contribution is 5.85. The number of carboxylic acid groups (broad SMARTS) is 1. The number of aliphatic carboxylic acids is 1. The predicted molar refractivity (Wildman–Crippen MR) is 60.9 cm³/mol. The zero-order chi connectivity index (χ0) is 11.1. The van der Waals surface area contributed by atoms with Crippen LogP contribution in [0, 0.1) is 0 Å². The molecule has 1 heterocycles. The molecule has 0 radical (unpaired) electrons. The summed E-state index contributed by atoms with van der Waals surface area (Å²) in [7, 11) is 0. The van der Waals surface area contributed by atoms with Crippen LogP contribution in [-0.4, -0.2) is 68.1 Å². The fraction of sp³-hybridized carbons (Fsp3) is 0.889.